The number of nitrogens with one attached hydrogen (secondary N) is 2. The molecule has 2 aromatic carbocycles. The van der Waals surface area contributed by atoms with E-state index in [-0.39, 0.29) is 29.0 Å². The van der Waals surface area contributed by atoms with Crippen molar-refractivity contribution in [3.63, 3.8) is 0 Å². The normalized spacial score (nSPS) is 11.5. The number of carbonyl (C=O) groups is 1. The topological polar surface area (TPSA) is 75.3 Å². The summed E-state index contributed by atoms with van der Waals surface area (Å²) in [7, 11) is -3.79. The van der Waals surface area contributed by atoms with Crippen molar-refractivity contribution in [3.8, 4) is 0 Å². The lowest BCUT2D eigenvalue weighted by Gasteiger charge is -2.10. The quantitative estimate of drug-likeness (QED) is 0.840. The Morgan fingerprint density at radius 3 is 2.29 bits per heavy atom. The van der Waals surface area contributed by atoms with E-state index < -0.39 is 15.8 Å². The highest BCUT2D eigenvalue weighted by atomic mass is 32.2. The van der Waals surface area contributed by atoms with Crippen LogP contribution in [-0.4, -0.2) is 20.4 Å². The van der Waals surface area contributed by atoms with Crippen LogP contribution in [0.4, 0.5) is 4.39 Å². The van der Waals surface area contributed by atoms with Crippen molar-refractivity contribution in [1.29, 1.82) is 0 Å². The number of sulfonamides is 1. The third kappa shape index (κ3) is 4.62. The Balaban J connectivity index is 2.09. The fourth-order valence-electron chi connectivity index (χ4n) is 2.03. The van der Waals surface area contributed by atoms with Crippen LogP contribution in [0.25, 0.3) is 0 Å². The molecule has 0 saturated heterocycles. The molecule has 0 heterocycles. The molecule has 7 heteroatoms. The summed E-state index contributed by atoms with van der Waals surface area (Å²) in [5.41, 5.74) is 0.630. The number of benzene rings is 2. The highest BCUT2D eigenvalue weighted by Gasteiger charge is 2.16. The maximum atomic E-state index is 13.5. The molecular formula is C17H19FN2O3S. The predicted octanol–water partition coefficient (Wildman–Crippen LogP) is 2.44. The second kappa shape index (κ2) is 7.55. The van der Waals surface area contributed by atoms with Gasteiger partial charge in [-0.3, -0.25) is 4.79 Å². The molecule has 0 bridgehead atoms. The summed E-state index contributed by atoms with van der Waals surface area (Å²) in [5.74, 6) is -0.742. The monoisotopic (exact) mass is 350 g/mol. The first-order valence-corrected chi connectivity index (χ1v) is 8.92. The summed E-state index contributed by atoms with van der Waals surface area (Å²) >= 11 is 0. The number of amides is 1. The lowest BCUT2D eigenvalue weighted by atomic mass is 10.2. The zero-order chi connectivity index (χ0) is 17.7. The van der Waals surface area contributed by atoms with Crippen molar-refractivity contribution >= 4 is 15.9 Å². The molecule has 2 aromatic rings. The molecule has 2 rings (SSSR count). The molecule has 24 heavy (non-hydrogen) atoms. The number of hydrogen-bond acceptors (Lipinski definition) is 3. The fraction of sp³-hybridized carbons (Fsp3) is 0.235. The minimum absolute atomic E-state index is 0.0108. The van der Waals surface area contributed by atoms with E-state index in [1.165, 1.54) is 42.5 Å². The molecule has 0 aromatic heterocycles. The zero-order valence-electron chi connectivity index (χ0n) is 13.4. The van der Waals surface area contributed by atoms with Gasteiger partial charge in [0.25, 0.3) is 5.91 Å². The highest BCUT2D eigenvalue weighted by molar-refractivity contribution is 7.89. The average Bonchev–Trinajstić information content (AvgIpc) is 2.53. The Labute approximate surface area is 141 Å². The van der Waals surface area contributed by atoms with Crippen LogP contribution in [0, 0.1) is 5.82 Å². The van der Waals surface area contributed by atoms with Gasteiger partial charge in [-0.25, -0.2) is 17.5 Å². The fourth-order valence-corrected chi connectivity index (χ4v) is 3.04. The van der Waals surface area contributed by atoms with Gasteiger partial charge in [0.15, 0.2) is 0 Å². The van der Waals surface area contributed by atoms with Crippen LogP contribution in [0.5, 0.6) is 0 Å². The van der Waals surface area contributed by atoms with Gasteiger partial charge < -0.3 is 5.32 Å². The molecule has 0 aliphatic heterocycles. The molecule has 0 atom stereocenters. The Bertz CT molecular complexity index is 818. The minimum Gasteiger partial charge on any atom is -0.350 e. The van der Waals surface area contributed by atoms with E-state index in [2.05, 4.69) is 10.0 Å². The van der Waals surface area contributed by atoms with E-state index in [1.54, 1.807) is 6.07 Å². The predicted molar refractivity (Wildman–Crippen MR) is 89.5 cm³/mol. The number of rotatable bonds is 6. The molecule has 2 N–H and O–H groups in total. The summed E-state index contributed by atoms with van der Waals surface area (Å²) in [6, 6.07) is 11.5. The lowest BCUT2D eigenvalue weighted by Crippen LogP contribution is -2.30. The van der Waals surface area contributed by atoms with Gasteiger partial charge in [0, 0.05) is 23.7 Å². The lowest BCUT2D eigenvalue weighted by molar-refractivity contribution is 0.0943. The van der Waals surface area contributed by atoms with Crippen LogP contribution in [0.2, 0.25) is 0 Å². The van der Waals surface area contributed by atoms with E-state index >= 15 is 0 Å². The van der Waals surface area contributed by atoms with Crippen LogP contribution >= 0.6 is 0 Å². The SMILES string of the molecule is CC(C)NC(=O)c1ccc(S(=O)(=O)NCc2ccccc2F)cc1. The van der Waals surface area contributed by atoms with Crippen LogP contribution in [0.1, 0.15) is 29.8 Å². The molecule has 0 aliphatic rings. The summed E-state index contributed by atoms with van der Waals surface area (Å²) < 4.78 is 40.4. The molecule has 0 saturated carbocycles. The Hall–Kier alpha value is -2.25. The van der Waals surface area contributed by atoms with Crippen molar-refractivity contribution in [3.05, 3.63) is 65.5 Å². The van der Waals surface area contributed by atoms with Crippen molar-refractivity contribution in [2.45, 2.75) is 31.3 Å². The number of hydrogen-bond donors (Lipinski definition) is 2. The van der Waals surface area contributed by atoms with Crippen LogP contribution in [0.3, 0.4) is 0 Å². The molecule has 128 valence electrons. The molecule has 1 amide bonds. The maximum absolute atomic E-state index is 13.5. The Kier molecular flexibility index (Phi) is 5.69. The van der Waals surface area contributed by atoms with Gasteiger partial charge in [0.05, 0.1) is 4.90 Å². The first kappa shape index (κ1) is 18.1. The highest BCUT2D eigenvalue weighted by Crippen LogP contribution is 2.13. The third-order valence-corrected chi connectivity index (χ3v) is 4.67. The standard InChI is InChI=1S/C17H19FN2O3S/c1-12(2)20-17(21)13-7-9-15(10-8-13)24(22,23)19-11-14-5-3-4-6-16(14)18/h3-10,12,19H,11H2,1-2H3,(H,20,21). The second-order valence-corrected chi connectivity index (χ2v) is 7.34. The molecular weight excluding hydrogens is 331 g/mol. The summed E-state index contributed by atoms with van der Waals surface area (Å²) in [6.45, 7) is 3.53. The molecule has 0 radical (unpaired) electrons. The average molecular weight is 350 g/mol. The van der Waals surface area contributed by atoms with Gasteiger partial charge in [-0.15, -0.1) is 0 Å². The van der Waals surface area contributed by atoms with Gasteiger partial charge in [0.1, 0.15) is 5.82 Å². The van der Waals surface area contributed by atoms with E-state index in [0.29, 0.717) is 5.56 Å². The Morgan fingerprint density at radius 2 is 1.71 bits per heavy atom. The summed E-state index contributed by atoms with van der Waals surface area (Å²) in [5, 5.41) is 2.72. The van der Waals surface area contributed by atoms with Crippen molar-refractivity contribution < 1.29 is 17.6 Å². The maximum Gasteiger partial charge on any atom is 0.251 e. The molecule has 0 fully saturated rings. The van der Waals surface area contributed by atoms with Crippen molar-refractivity contribution in [1.82, 2.24) is 10.0 Å². The van der Waals surface area contributed by atoms with Crippen molar-refractivity contribution in [2.24, 2.45) is 0 Å². The first-order chi connectivity index (χ1) is 11.3. The third-order valence-electron chi connectivity index (χ3n) is 3.26. The van der Waals surface area contributed by atoms with Gasteiger partial charge in [-0.05, 0) is 44.2 Å². The van der Waals surface area contributed by atoms with Crippen LogP contribution < -0.4 is 10.0 Å². The van der Waals surface area contributed by atoms with Crippen LogP contribution in [0.15, 0.2) is 53.4 Å². The molecule has 0 aliphatic carbocycles. The van der Waals surface area contributed by atoms with Gasteiger partial charge in [-0.1, -0.05) is 18.2 Å². The Morgan fingerprint density at radius 1 is 1.08 bits per heavy atom. The molecule has 5 nitrogen and oxygen atoms in total. The zero-order valence-corrected chi connectivity index (χ0v) is 14.2. The van der Waals surface area contributed by atoms with Gasteiger partial charge >= 0.3 is 0 Å². The summed E-state index contributed by atoms with van der Waals surface area (Å²) in [4.78, 5) is 11.9. The largest absolute Gasteiger partial charge is 0.350 e. The van der Waals surface area contributed by atoms with E-state index in [9.17, 15) is 17.6 Å². The number of halogens is 1. The van der Waals surface area contributed by atoms with Crippen molar-refractivity contribution in [2.75, 3.05) is 0 Å². The van der Waals surface area contributed by atoms with E-state index in [0.717, 1.165) is 0 Å². The first-order valence-electron chi connectivity index (χ1n) is 7.43. The molecule has 0 unspecified atom stereocenters. The van der Waals surface area contributed by atoms with Gasteiger partial charge in [-0.2, -0.15) is 0 Å². The minimum atomic E-state index is -3.79. The van der Waals surface area contributed by atoms with Gasteiger partial charge in [0.2, 0.25) is 10.0 Å². The second-order valence-electron chi connectivity index (χ2n) is 5.57. The smallest absolute Gasteiger partial charge is 0.251 e. The number of carbonyl (C=O) groups excluding carboxylic acids is 1. The van der Waals surface area contributed by atoms with E-state index in [4.69, 9.17) is 0 Å². The summed E-state index contributed by atoms with van der Waals surface area (Å²) in [6.07, 6.45) is 0. The van der Waals surface area contributed by atoms with Crippen LogP contribution in [-0.2, 0) is 16.6 Å². The van der Waals surface area contributed by atoms with E-state index in [1.807, 2.05) is 13.8 Å². The molecule has 0 spiro atoms.